The molecule has 0 saturated heterocycles. The molecule has 0 radical (unpaired) electrons. The van der Waals surface area contributed by atoms with Crippen LogP contribution in [0.3, 0.4) is 0 Å². The number of amides is 1. The number of hydrazone groups is 1. The van der Waals surface area contributed by atoms with E-state index in [1.54, 1.807) is 36.4 Å². The zero-order chi connectivity index (χ0) is 22.5. The number of halogens is 2. The van der Waals surface area contributed by atoms with Crippen molar-refractivity contribution < 1.29 is 4.79 Å². The molecule has 0 saturated carbocycles. The predicted molar refractivity (Wildman–Crippen MR) is 130 cm³/mol. The van der Waals surface area contributed by atoms with E-state index in [1.807, 2.05) is 36.4 Å². The summed E-state index contributed by atoms with van der Waals surface area (Å²) in [7, 11) is 0. The Morgan fingerprint density at radius 3 is 2.56 bits per heavy atom. The van der Waals surface area contributed by atoms with Crippen LogP contribution in [0.25, 0.3) is 16.6 Å². The van der Waals surface area contributed by atoms with Crippen LogP contribution in [-0.2, 0) is 4.79 Å². The molecule has 4 rings (SSSR count). The topological polar surface area (TPSA) is 76.3 Å². The Morgan fingerprint density at radius 2 is 1.78 bits per heavy atom. The lowest BCUT2D eigenvalue weighted by Gasteiger charge is -2.12. The van der Waals surface area contributed by atoms with Crippen LogP contribution in [0.4, 0.5) is 0 Å². The Balaban J connectivity index is 1.53. The third-order valence-electron chi connectivity index (χ3n) is 4.44. The number of hydrogen-bond donors (Lipinski definition) is 1. The van der Waals surface area contributed by atoms with Gasteiger partial charge in [0, 0.05) is 0 Å². The largest absolute Gasteiger partial charge is 0.272 e. The first-order valence-corrected chi connectivity index (χ1v) is 11.2. The van der Waals surface area contributed by atoms with Crippen LogP contribution in [0.1, 0.15) is 5.56 Å². The van der Waals surface area contributed by atoms with Gasteiger partial charge in [0.15, 0.2) is 5.16 Å². The summed E-state index contributed by atoms with van der Waals surface area (Å²) in [6, 6.07) is 21.4. The molecular formula is C23H16Cl2N4O2S. The summed E-state index contributed by atoms with van der Waals surface area (Å²) < 4.78 is 1.51. The number of carbonyl (C=O) groups is 1. The van der Waals surface area contributed by atoms with Crippen LogP contribution in [0, 0.1) is 0 Å². The van der Waals surface area contributed by atoms with E-state index in [2.05, 4.69) is 15.5 Å². The lowest BCUT2D eigenvalue weighted by atomic mass is 10.2. The highest BCUT2D eigenvalue weighted by Gasteiger charge is 2.14. The maximum Gasteiger partial charge on any atom is 0.266 e. The first-order valence-electron chi connectivity index (χ1n) is 9.50. The van der Waals surface area contributed by atoms with Gasteiger partial charge in [-0.3, -0.25) is 14.2 Å². The third kappa shape index (κ3) is 5.02. The van der Waals surface area contributed by atoms with Crippen LogP contribution in [0.5, 0.6) is 0 Å². The minimum absolute atomic E-state index is 0.0241. The van der Waals surface area contributed by atoms with E-state index < -0.39 is 0 Å². The number of rotatable bonds is 6. The van der Waals surface area contributed by atoms with E-state index in [-0.39, 0.29) is 17.2 Å². The molecule has 4 aromatic rings. The molecule has 3 aromatic carbocycles. The average molecular weight is 483 g/mol. The smallest absolute Gasteiger partial charge is 0.266 e. The van der Waals surface area contributed by atoms with Gasteiger partial charge in [-0.2, -0.15) is 5.10 Å². The fraction of sp³-hybridized carbons (Fsp3) is 0.0435. The van der Waals surface area contributed by atoms with Gasteiger partial charge < -0.3 is 0 Å². The lowest BCUT2D eigenvalue weighted by molar-refractivity contribution is -0.118. The van der Waals surface area contributed by atoms with Crippen molar-refractivity contribution in [2.45, 2.75) is 5.16 Å². The molecule has 32 heavy (non-hydrogen) atoms. The Morgan fingerprint density at radius 1 is 1.03 bits per heavy atom. The van der Waals surface area contributed by atoms with Crippen LogP contribution in [-0.4, -0.2) is 27.4 Å². The lowest BCUT2D eigenvalue weighted by Crippen LogP contribution is -2.24. The second-order valence-electron chi connectivity index (χ2n) is 6.64. The van der Waals surface area contributed by atoms with Gasteiger partial charge in [0.05, 0.1) is 38.6 Å². The summed E-state index contributed by atoms with van der Waals surface area (Å²) in [6.07, 6.45) is 1.47. The van der Waals surface area contributed by atoms with Gasteiger partial charge >= 0.3 is 0 Å². The van der Waals surface area contributed by atoms with Crippen molar-refractivity contribution >= 4 is 58.0 Å². The Hall–Kier alpha value is -3.13. The third-order valence-corrected chi connectivity index (χ3v) is 6.12. The zero-order valence-corrected chi connectivity index (χ0v) is 18.9. The first kappa shape index (κ1) is 22.1. The quantitative estimate of drug-likeness (QED) is 0.183. The number of hydrogen-bond acceptors (Lipinski definition) is 5. The molecule has 0 aliphatic heterocycles. The number of para-hydroxylation sites is 2. The van der Waals surface area contributed by atoms with E-state index in [1.165, 1.54) is 10.8 Å². The fourth-order valence-electron chi connectivity index (χ4n) is 2.95. The maximum atomic E-state index is 13.1. The van der Waals surface area contributed by atoms with Crippen molar-refractivity contribution in [2.24, 2.45) is 5.10 Å². The van der Waals surface area contributed by atoms with Crippen LogP contribution in [0.15, 0.2) is 87.8 Å². The normalized spacial score (nSPS) is 11.2. The van der Waals surface area contributed by atoms with Gasteiger partial charge in [0.2, 0.25) is 0 Å². The van der Waals surface area contributed by atoms with Crippen LogP contribution < -0.4 is 11.0 Å². The number of thioether (sulfide) groups is 1. The highest BCUT2D eigenvalue weighted by atomic mass is 35.5. The van der Waals surface area contributed by atoms with Crippen molar-refractivity contribution in [1.82, 2.24) is 15.0 Å². The molecule has 1 amide bonds. The van der Waals surface area contributed by atoms with E-state index >= 15 is 0 Å². The number of aromatic nitrogens is 2. The molecule has 1 heterocycles. The second-order valence-corrected chi connectivity index (χ2v) is 8.40. The molecule has 1 N–H and O–H groups in total. The van der Waals surface area contributed by atoms with Gasteiger partial charge in [-0.05, 0) is 42.0 Å². The van der Waals surface area contributed by atoms with E-state index in [9.17, 15) is 9.59 Å². The van der Waals surface area contributed by atoms with Crippen molar-refractivity contribution in [3.63, 3.8) is 0 Å². The molecule has 0 aliphatic rings. The van der Waals surface area contributed by atoms with Gasteiger partial charge in [0.25, 0.3) is 11.5 Å². The van der Waals surface area contributed by atoms with Crippen LogP contribution in [0.2, 0.25) is 10.0 Å². The van der Waals surface area contributed by atoms with Gasteiger partial charge in [-0.1, -0.05) is 71.4 Å². The van der Waals surface area contributed by atoms with Gasteiger partial charge in [-0.25, -0.2) is 10.4 Å². The number of carbonyl (C=O) groups excluding carboxylic acids is 1. The standard InChI is InChI=1S/C23H16Cl2N4O2S/c24-18-11-10-15(12-19(18)25)13-26-28-21(30)14-32-23-27-20-9-5-4-8-17(20)22(31)29(23)16-6-2-1-3-7-16/h1-13H,14H2,(H,28,30)/b26-13-. The zero-order valence-electron chi connectivity index (χ0n) is 16.5. The van der Waals surface area contributed by atoms with Crippen molar-refractivity contribution in [3.8, 4) is 5.69 Å². The molecule has 0 bridgehead atoms. The van der Waals surface area contributed by atoms with Crippen molar-refractivity contribution in [3.05, 3.63) is 98.8 Å². The molecule has 0 aliphatic carbocycles. The summed E-state index contributed by atoms with van der Waals surface area (Å²) in [5.74, 6) is -0.315. The Labute approximate surface area is 197 Å². The second kappa shape index (κ2) is 9.99. The molecule has 160 valence electrons. The summed E-state index contributed by atoms with van der Waals surface area (Å²) in [5.41, 5.74) is 4.22. The molecule has 0 fully saturated rings. The minimum Gasteiger partial charge on any atom is -0.272 e. The Kier molecular flexibility index (Phi) is 6.90. The highest BCUT2D eigenvalue weighted by molar-refractivity contribution is 7.99. The first-order chi connectivity index (χ1) is 15.5. The molecule has 0 atom stereocenters. The van der Waals surface area contributed by atoms with Crippen LogP contribution >= 0.6 is 35.0 Å². The predicted octanol–water partition coefficient (Wildman–Crippen LogP) is 4.93. The van der Waals surface area contributed by atoms with Gasteiger partial charge in [-0.15, -0.1) is 0 Å². The molecule has 6 nitrogen and oxygen atoms in total. The van der Waals surface area contributed by atoms with Crippen molar-refractivity contribution in [2.75, 3.05) is 5.75 Å². The number of nitrogens with one attached hydrogen (secondary N) is 1. The van der Waals surface area contributed by atoms with E-state index in [0.717, 1.165) is 11.8 Å². The molecular weight excluding hydrogens is 467 g/mol. The maximum absolute atomic E-state index is 13.1. The molecule has 0 unspecified atom stereocenters. The summed E-state index contributed by atoms with van der Waals surface area (Å²) in [4.78, 5) is 30.1. The summed E-state index contributed by atoms with van der Waals surface area (Å²) in [5, 5.41) is 5.72. The van der Waals surface area contributed by atoms with Gasteiger partial charge in [0.1, 0.15) is 0 Å². The van der Waals surface area contributed by atoms with E-state index in [4.69, 9.17) is 23.2 Å². The molecule has 0 spiro atoms. The summed E-state index contributed by atoms with van der Waals surface area (Å²) in [6.45, 7) is 0. The minimum atomic E-state index is -0.340. The molecule has 1 aromatic heterocycles. The monoisotopic (exact) mass is 482 g/mol. The fourth-order valence-corrected chi connectivity index (χ4v) is 4.06. The van der Waals surface area contributed by atoms with Crippen molar-refractivity contribution in [1.29, 1.82) is 0 Å². The SMILES string of the molecule is O=C(CSc1nc2ccccc2c(=O)n1-c1ccccc1)N/N=C\c1ccc(Cl)c(Cl)c1. The Bertz CT molecular complexity index is 1370. The number of nitrogens with zero attached hydrogens (tertiary/aromatic N) is 3. The van der Waals surface area contributed by atoms with E-state index in [0.29, 0.717) is 37.4 Å². The number of fused-ring (bicyclic) bond motifs is 1. The highest BCUT2D eigenvalue weighted by Crippen LogP contribution is 2.22. The molecule has 9 heteroatoms. The summed E-state index contributed by atoms with van der Waals surface area (Å²) >= 11 is 13.0. The average Bonchev–Trinajstić information content (AvgIpc) is 2.81. The number of benzene rings is 3.